The highest BCUT2D eigenvalue weighted by molar-refractivity contribution is 7.91. The fourth-order valence-electron chi connectivity index (χ4n) is 3.20. The zero-order chi connectivity index (χ0) is 20.3. The van der Waals surface area contributed by atoms with Crippen molar-refractivity contribution < 1.29 is 17.9 Å². The number of fused-ring (bicyclic) bond motifs is 1. The summed E-state index contributed by atoms with van der Waals surface area (Å²) >= 11 is 1.22. The van der Waals surface area contributed by atoms with E-state index in [-0.39, 0.29) is 18.4 Å². The second-order valence-electron chi connectivity index (χ2n) is 7.07. The van der Waals surface area contributed by atoms with Crippen molar-refractivity contribution >= 4 is 27.3 Å². The highest BCUT2D eigenvalue weighted by Gasteiger charge is 2.28. The van der Waals surface area contributed by atoms with E-state index >= 15 is 0 Å². The third kappa shape index (κ3) is 4.39. The summed E-state index contributed by atoms with van der Waals surface area (Å²) in [6.07, 6.45) is 0. The molecule has 0 saturated heterocycles. The summed E-state index contributed by atoms with van der Waals surface area (Å²) < 4.78 is 33.4. The van der Waals surface area contributed by atoms with Crippen molar-refractivity contribution in [3.05, 3.63) is 46.8 Å². The standard InChI is InChI=1S/C20H26N2O4S2/c1-4-21(20(23)15(2)3)13-16-7-8-18-17(12-16)14-22(9-10-26-18)28(24,25)19-6-5-11-27-19/h5-8,11-12,15H,4,9-10,13-14H2,1-3H3. The van der Waals surface area contributed by atoms with E-state index in [1.54, 1.807) is 17.5 Å². The lowest BCUT2D eigenvalue weighted by Gasteiger charge is -2.24. The van der Waals surface area contributed by atoms with E-state index in [1.807, 2.05) is 43.9 Å². The number of hydrogen-bond donors (Lipinski definition) is 0. The second-order valence-corrected chi connectivity index (χ2v) is 10.2. The minimum atomic E-state index is -3.54. The van der Waals surface area contributed by atoms with Crippen LogP contribution in [0.5, 0.6) is 5.75 Å². The Bertz CT molecular complexity index is 924. The minimum absolute atomic E-state index is 0.0597. The normalized spacial score (nSPS) is 15.0. The third-order valence-electron chi connectivity index (χ3n) is 4.72. The highest BCUT2D eigenvalue weighted by Crippen LogP contribution is 2.29. The van der Waals surface area contributed by atoms with Crippen LogP contribution in [0.15, 0.2) is 39.9 Å². The van der Waals surface area contributed by atoms with E-state index in [9.17, 15) is 13.2 Å². The van der Waals surface area contributed by atoms with Gasteiger partial charge in [-0.2, -0.15) is 4.31 Å². The molecule has 0 aliphatic carbocycles. The van der Waals surface area contributed by atoms with E-state index in [0.29, 0.717) is 36.2 Å². The van der Waals surface area contributed by atoms with Crippen molar-refractivity contribution in [2.24, 2.45) is 5.92 Å². The summed E-state index contributed by atoms with van der Waals surface area (Å²) in [5, 5.41) is 1.76. The van der Waals surface area contributed by atoms with Gasteiger partial charge < -0.3 is 9.64 Å². The van der Waals surface area contributed by atoms with Crippen molar-refractivity contribution in [1.29, 1.82) is 0 Å². The van der Waals surface area contributed by atoms with Crippen LogP contribution < -0.4 is 4.74 Å². The lowest BCUT2D eigenvalue weighted by Crippen LogP contribution is -2.33. The fourth-order valence-corrected chi connectivity index (χ4v) is 5.74. The number of thiophene rings is 1. The number of carbonyl (C=O) groups is 1. The first-order valence-electron chi connectivity index (χ1n) is 9.40. The summed E-state index contributed by atoms with van der Waals surface area (Å²) in [4.78, 5) is 14.2. The van der Waals surface area contributed by atoms with Crippen LogP contribution >= 0.6 is 11.3 Å². The monoisotopic (exact) mass is 422 g/mol. The minimum Gasteiger partial charge on any atom is -0.492 e. The van der Waals surface area contributed by atoms with Crippen molar-refractivity contribution in [2.45, 2.75) is 38.1 Å². The number of hydrogen-bond acceptors (Lipinski definition) is 5. The van der Waals surface area contributed by atoms with Gasteiger partial charge in [-0.25, -0.2) is 8.42 Å². The quantitative estimate of drug-likeness (QED) is 0.716. The van der Waals surface area contributed by atoms with Crippen molar-refractivity contribution in [3.8, 4) is 5.75 Å². The molecule has 2 aromatic rings. The molecular formula is C20H26N2O4S2. The molecule has 1 amide bonds. The molecule has 0 unspecified atom stereocenters. The van der Waals surface area contributed by atoms with E-state index in [0.717, 1.165) is 11.1 Å². The zero-order valence-electron chi connectivity index (χ0n) is 16.4. The molecule has 0 radical (unpaired) electrons. The Balaban J connectivity index is 1.84. The van der Waals surface area contributed by atoms with Gasteiger partial charge in [0.05, 0.1) is 0 Å². The predicted molar refractivity (Wildman–Crippen MR) is 110 cm³/mol. The first-order chi connectivity index (χ1) is 13.3. The maximum absolute atomic E-state index is 12.9. The summed E-state index contributed by atoms with van der Waals surface area (Å²) in [5.41, 5.74) is 1.79. The van der Waals surface area contributed by atoms with Gasteiger partial charge >= 0.3 is 0 Å². The van der Waals surface area contributed by atoms with Gasteiger partial charge in [-0.15, -0.1) is 11.3 Å². The van der Waals surface area contributed by atoms with Crippen molar-refractivity contribution in [3.63, 3.8) is 0 Å². The van der Waals surface area contributed by atoms with Gasteiger partial charge in [-0.3, -0.25) is 4.79 Å². The molecule has 0 N–H and O–H groups in total. The van der Waals surface area contributed by atoms with Gasteiger partial charge in [0.25, 0.3) is 10.0 Å². The average Bonchev–Trinajstić information content (AvgIpc) is 3.13. The molecule has 1 aromatic heterocycles. The van der Waals surface area contributed by atoms with Gasteiger partial charge in [0.2, 0.25) is 5.91 Å². The number of carbonyl (C=O) groups excluding carboxylic acids is 1. The second kappa shape index (κ2) is 8.63. The Morgan fingerprint density at radius 3 is 2.75 bits per heavy atom. The number of rotatable bonds is 6. The molecule has 1 aliphatic rings. The number of nitrogens with zero attached hydrogens (tertiary/aromatic N) is 2. The third-order valence-corrected chi connectivity index (χ3v) is 7.94. The summed E-state index contributed by atoms with van der Waals surface area (Å²) in [5.74, 6) is 0.747. The fraction of sp³-hybridized carbons (Fsp3) is 0.450. The smallest absolute Gasteiger partial charge is 0.252 e. The van der Waals surface area contributed by atoms with Crippen LogP contribution in [0.1, 0.15) is 31.9 Å². The molecule has 0 atom stereocenters. The van der Waals surface area contributed by atoms with Gasteiger partial charge in [-0.1, -0.05) is 26.0 Å². The molecule has 0 saturated carbocycles. The zero-order valence-corrected chi connectivity index (χ0v) is 18.1. The van der Waals surface area contributed by atoms with Gasteiger partial charge in [0.15, 0.2) is 0 Å². The molecule has 8 heteroatoms. The van der Waals surface area contributed by atoms with Gasteiger partial charge in [0, 0.05) is 37.7 Å². The topological polar surface area (TPSA) is 66.9 Å². The van der Waals surface area contributed by atoms with Crippen LogP contribution in [-0.4, -0.2) is 43.2 Å². The molecule has 1 aliphatic heterocycles. The SMILES string of the molecule is CCN(Cc1ccc2c(c1)CN(S(=O)(=O)c1cccs1)CCO2)C(=O)C(C)C. The Kier molecular flexibility index (Phi) is 6.42. The first-order valence-corrected chi connectivity index (χ1v) is 11.7. The van der Waals surface area contributed by atoms with Crippen LogP contribution in [0.4, 0.5) is 0 Å². The Morgan fingerprint density at radius 2 is 2.11 bits per heavy atom. The van der Waals surface area contributed by atoms with E-state index in [1.165, 1.54) is 15.6 Å². The molecule has 1 aromatic carbocycles. The van der Waals surface area contributed by atoms with E-state index < -0.39 is 10.0 Å². The highest BCUT2D eigenvalue weighted by atomic mass is 32.2. The van der Waals surface area contributed by atoms with E-state index in [2.05, 4.69) is 0 Å². The molecule has 3 rings (SSSR count). The maximum atomic E-state index is 12.9. The predicted octanol–water partition coefficient (Wildman–Crippen LogP) is 3.34. The van der Waals surface area contributed by atoms with Crippen LogP contribution in [0, 0.1) is 5.92 Å². The molecule has 0 fully saturated rings. The molecular weight excluding hydrogens is 396 g/mol. The lowest BCUT2D eigenvalue weighted by molar-refractivity contribution is -0.134. The number of sulfonamides is 1. The maximum Gasteiger partial charge on any atom is 0.252 e. The molecule has 0 spiro atoms. The molecule has 6 nitrogen and oxygen atoms in total. The average molecular weight is 423 g/mol. The van der Waals surface area contributed by atoms with E-state index in [4.69, 9.17) is 4.74 Å². The van der Waals surface area contributed by atoms with Crippen LogP contribution in [0.3, 0.4) is 0 Å². The summed E-state index contributed by atoms with van der Waals surface area (Å²) in [6, 6.07) is 9.13. The molecule has 152 valence electrons. The summed E-state index contributed by atoms with van der Waals surface area (Å²) in [7, 11) is -3.54. The lowest BCUT2D eigenvalue weighted by atomic mass is 10.1. The van der Waals surface area contributed by atoms with Crippen molar-refractivity contribution in [2.75, 3.05) is 19.7 Å². The van der Waals surface area contributed by atoms with Gasteiger partial charge in [-0.05, 0) is 36.1 Å². The largest absolute Gasteiger partial charge is 0.492 e. The number of benzene rings is 1. The molecule has 2 heterocycles. The van der Waals surface area contributed by atoms with Crippen LogP contribution in [0.2, 0.25) is 0 Å². The van der Waals surface area contributed by atoms with Crippen LogP contribution in [-0.2, 0) is 27.9 Å². The Hall–Kier alpha value is -1.90. The first kappa shape index (κ1) is 20.8. The van der Waals surface area contributed by atoms with Gasteiger partial charge in [0.1, 0.15) is 16.6 Å². The Labute approximate surface area is 170 Å². The van der Waals surface area contributed by atoms with Crippen LogP contribution in [0.25, 0.3) is 0 Å². The summed E-state index contributed by atoms with van der Waals surface area (Å²) in [6.45, 7) is 7.74. The molecule has 28 heavy (non-hydrogen) atoms. The number of amides is 1. The molecule has 0 bridgehead atoms. The van der Waals surface area contributed by atoms with Crippen molar-refractivity contribution in [1.82, 2.24) is 9.21 Å². The Morgan fingerprint density at radius 1 is 1.32 bits per heavy atom. The number of ether oxygens (including phenoxy) is 1.